The van der Waals surface area contributed by atoms with E-state index in [1.807, 2.05) is 5.32 Å². The maximum absolute atomic E-state index is 14.3. The van der Waals surface area contributed by atoms with Gasteiger partial charge in [-0.05, 0) is 18.2 Å². The van der Waals surface area contributed by atoms with E-state index in [1.54, 1.807) is 12.1 Å². The normalized spacial score (nSPS) is 14.6. The summed E-state index contributed by atoms with van der Waals surface area (Å²) in [5.41, 5.74) is -2.35. The van der Waals surface area contributed by atoms with Gasteiger partial charge in [-0.2, -0.15) is 13.2 Å². The van der Waals surface area contributed by atoms with Gasteiger partial charge in [0.05, 0.1) is 7.11 Å². The molecule has 0 radical (unpaired) electrons. The highest BCUT2D eigenvalue weighted by atomic mass is 19.4. The highest BCUT2D eigenvalue weighted by Crippen LogP contribution is 2.28. The Morgan fingerprint density at radius 2 is 1.71 bits per heavy atom. The third-order valence-electron chi connectivity index (χ3n) is 4.12. The number of nitrogens with zero attached hydrogens (tertiary/aromatic N) is 2. The maximum atomic E-state index is 14.3. The Morgan fingerprint density at radius 1 is 1.07 bits per heavy atom. The van der Waals surface area contributed by atoms with Crippen LogP contribution < -0.4 is 10.2 Å². The van der Waals surface area contributed by atoms with Crippen LogP contribution in [0.1, 0.15) is 18.1 Å². The van der Waals surface area contributed by atoms with Gasteiger partial charge in [0.1, 0.15) is 13.1 Å². The Kier molecular flexibility index (Phi) is 6.68. The van der Waals surface area contributed by atoms with Crippen molar-refractivity contribution < 1.29 is 32.4 Å². The molecule has 7 nitrogen and oxygen atoms in total. The maximum Gasteiger partial charge on any atom is 0.478 e. The summed E-state index contributed by atoms with van der Waals surface area (Å²) in [5, 5.41) is 1.81. The first-order valence-electron chi connectivity index (χ1n) is 8.27. The number of hydrogen-bond donors (Lipinski definition) is 2. The number of carbonyl (C=O) groups is 2. The summed E-state index contributed by atoms with van der Waals surface area (Å²) < 4.78 is 47.3. The molecule has 0 fully saturated rings. The number of carbonyl (C=O) groups excluding carboxylic acids is 2. The third-order valence-corrected chi connectivity index (χ3v) is 4.12. The fourth-order valence-corrected chi connectivity index (χ4v) is 2.91. The molecule has 1 amide bonds. The molecule has 2 aromatic heterocycles. The van der Waals surface area contributed by atoms with Crippen LogP contribution in [0.3, 0.4) is 0 Å². The summed E-state index contributed by atoms with van der Waals surface area (Å²) in [7, 11) is 0.846. The number of quaternary nitrogens is 1. The van der Waals surface area contributed by atoms with E-state index in [1.165, 1.54) is 36.9 Å². The molecule has 10 heteroatoms. The fourth-order valence-electron chi connectivity index (χ4n) is 2.91. The Morgan fingerprint density at radius 3 is 2.21 bits per heavy atom. The van der Waals surface area contributed by atoms with Gasteiger partial charge in [-0.1, -0.05) is 6.07 Å². The van der Waals surface area contributed by atoms with Crippen LogP contribution in [0.2, 0.25) is 0 Å². The average molecular weight is 397 g/mol. The molecule has 0 aliphatic carbocycles. The van der Waals surface area contributed by atoms with Gasteiger partial charge >= 0.3 is 17.8 Å². The van der Waals surface area contributed by atoms with E-state index in [9.17, 15) is 22.8 Å². The second-order valence-corrected chi connectivity index (χ2v) is 6.09. The van der Waals surface area contributed by atoms with E-state index in [0.29, 0.717) is 11.1 Å². The zero-order valence-electron chi connectivity index (χ0n) is 15.3. The number of ether oxygens (including phenoxy) is 1. The predicted molar refractivity (Wildman–Crippen MR) is 91.5 cm³/mol. The van der Waals surface area contributed by atoms with Gasteiger partial charge in [0.15, 0.2) is 0 Å². The summed E-state index contributed by atoms with van der Waals surface area (Å²) in [5.74, 6) is -2.62. The number of rotatable bonds is 7. The van der Waals surface area contributed by atoms with Crippen molar-refractivity contribution in [1.29, 1.82) is 0 Å². The van der Waals surface area contributed by atoms with Gasteiger partial charge in [-0.25, -0.2) is 4.79 Å². The van der Waals surface area contributed by atoms with Gasteiger partial charge in [0, 0.05) is 42.8 Å². The lowest BCUT2D eigenvalue weighted by atomic mass is 10.0. The number of pyridine rings is 2. The smallest absolute Gasteiger partial charge is 0.463 e. The van der Waals surface area contributed by atoms with Crippen LogP contribution in [0.25, 0.3) is 0 Å². The number of hydrogen-bond acceptors (Lipinski definition) is 5. The number of aromatic nitrogens is 2. The topological polar surface area (TPSA) is 85.6 Å². The molecule has 0 bridgehead atoms. The molecule has 2 aromatic rings. The molecular formula is C18H20F3N4O3+. The Balaban J connectivity index is 2.61. The largest absolute Gasteiger partial charge is 0.478 e. The van der Waals surface area contributed by atoms with Crippen molar-refractivity contribution in [2.75, 3.05) is 7.11 Å². The van der Waals surface area contributed by atoms with Crippen LogP contribution in [-0.2, 0) is 27.4 Å². The molecule has 0 saturated heterocycles. The first-order valence-corrected chi connectivity index (χ1v) is 8.27. The average Bonchev–Trinajstić information content (AvgIpc) is 2.65. The summed E-state index contributed by atoms with van der Waals surface area (Å²) in [6.45, 7) is 0.439. The van der Waals surface area contributed by atoms with E-state index >= 15 is 0 Å². The molecule has 0 aliphatic heterocycles. The third kappa shape index (κ3) is 4.63. The van der Waals surface area contributed by atoms with Crippen LogP contribution in [0, 0.1) is 0 Å². The SMILES string of the molecule is COC(=O)[C@](NC(C)=O)([NH+](Cc1ccncc1)Cc1cccnc1)C(F)(F)F. The monoisotopic (exact) mass is 397 g/mol. The van der Waals surface area contributed by atoms with Crippen LogP contribution in [0.5, 0.6) is 0 Å². The zero-order chi connectivity index (χ0) is 20.8. The van der Waals surface area contributed by atoms with E-state index in [4.69, 9.17) is 0 Å². The van der Waals surface area contributed by atoms with Crippen molar-refractivity contribution in [3.63, 3.8) is 0 Å². The molecule has 2 heterocycles. The highest BCUT2D eigenvalue weighted by Gasteiger charge is 2.70. The number of methoxy groups -OCH3 is 1. The van der Waals surface area contributed by atoms with Crippen molar-refractivity contribution in [3.8, 4) is 0 Å². The lowest BCUT2D eigenvalue weighted by Crippen LogP contribution is -3.24. The van der Waals surface area contributed by atoms with E-state index in [-0.39, 0.29) is 18.0 Å². The second kappa shape index (κ2) is 8.79. The van der Waals surface area contributed by atoms with E-state index in [0.717, 1.165) is 14.0 Å². The summed E-state index contributed by atoms with van der Waals surface area (Å²) in [6, 6.07) is 6.24. The number of halogens is 3. The molecule has 150 valence electrons. The first kappa shape index (κ1) is 21.3. The van der Waals surface area contributed by atoms with Crippen molar-refractivity contribution in [1.82, 2.24) is 15.3 Å². The Labute approximate surface area is 159 Å². The molecule has 0 saturated carbocycles. The molecular weight excluding hydrogens is 377 g/mol. The number of alkyl halides is 3. The van der Waals surface area contributed by atoms with Crippen LogP contribution >= 0.6 is 0 Å². The Hall–Kier alpha value is -3.01. The number of esters is 1. The number of amides is 1. The van der Waals surface area contributed by atoms with Gasteiger partial charge in [0.2, 0.25) is 5.91 Å². The molecule has 2 N–H and O–H groups in total. The molecule has 0 aliphatic rings. The van der Waals surface area contributed by atoms with Crippen molar-refractivity contribution in [3.05, 3.63) is 60.2 Å². The lowest BCUT2D eigenvalue weighted by molar-refractivity contribution is -0.983. The van der Waals surface area contributed by atoms with E-state index < -0.39 is 23.7 Å². The summed E-state index contributed by atoms with van der Waals surface area (Å²) in [4.78, 5) is 31.6. The quantitative estimate of drug-likeness (QED) is 0.529. The molecule has 2 atom stereocenters. The van der Waals surface area contributed by atoms with Gasteiger partial charge in [-0.3, -0.25) is 25.0 Å². The lowest BCUT2D eigenvalue weighted by Gasteiger charge is -2.39. The van der Waals surface area contributed by atoms with Crippen LogP contribution in [0.15, 0.2) is 49.1 Å². The molecule has 0 spiro atoms. The molecule has 0 aromatic carbocycles. The van der Waals surface area contributed by atoms with Crippen LogP contribution in [-0.4, -0.2) is 40.8 Å². The van der Waals surface area contributed by atoms with Crippen molar-refractivity contribution in [2.24, 2.45) is 0 Å². The van der Waals surface area contributed by atoms with Crippen molar-refractivity contribution in [2.45, 2.75) is 31.9 Å². The Bertz CT molecular complexity index is 761. The first-order chi connectivity index (χ1) is 13.2. The molecule has 1 unspecified atom stereocenters. The van der Waals surface area contributed by atoms with Gasteiger partial charge < -0.3 is 4.74 Å². The summed E-state index contributed by atoms with van der Waals surface area (Å²) >= 11 is 0. The predicted octanol–water partition coefficient (Wildman–Crippen LogP) is 0.629. The highest BCUT2D eigenvalue weighted by molar-refractivity contribution is 5.86. The molecule has 2 rings (SSSR count). The zero-order valence-corrected chi connectivity index (χ0v) is 15.3. The van der Waals surface area contributed by atoms with Crippen molar-refractivity contribution >= 4 is 11.9 Å². The van der Waals surface area contributed by atoms with Gasteiger partial charge in [-0.15, -0.1) is 0 Å². The minimum absolute atomic E-state index is 0.230. The van der Waals surface area contributed by atoms with Gasteiger partial charge in [0.25, 0.3) is 0 Å². The molecule has 28 heavy (non-hydrogen) atoms. The van der Waals surface area contributed by atoms with E-state index in [2.05, 4.69) is 14.7 Å². The summed E-state index contributed by atoms with van der Waals surface area (Å²) in [6.07, 6.45) is 0.623. The standard InChI is InChI=1S/C18H19F3N4O3/c1-13(26)24-17(16(27)28-2,18(19,20)21)25(11-14-5-8-22-9-6-14)12-15-4-3-7-23-10-15/h3-10H,11-12H2,1-2H3,(H,24,26)/p+1/t17-/m0/s1. The minimum atomic E-state index is -5.13. The number of nitrogens with one attached hydrogen (secondary N) is 2. The fraction of sp³-hybridized carbons (Fsp3) is 0.333. The van der Waals surface area contributed by atoms with Crippen LogP contribution in [0.4, 0.5) is 13.2 Å². The second-order valence-electron chi connectivity index (χ2n) is 6.09. The minimum Gasteiger partial charge on any atom is -0.463 e.